The van der Waals surface area contributed by atoms with Crippen molar-refractivity contribution in [2.45, 2.75) is 71.3 Å². The topological polar surface area (TPSA) is 46.0 Å². The molecular weight excluding hydrogens is 256 g/mol. The summed E-state index contributed by atoms with van der Waals surface area (Å²) in [5.41, 5.74) is 0.935. The van der Waals surface area contributed by atoms with E-state index in [0.29, 0.717) is 11.8 Å². The van der Waals surface area contributed by atoms with Gasteiger partial charge in [0.05, 0.1) is 16.7 Å². The quantitative estimate of drug-likeness (QED) is 0.908. The van der Waals surface area contributed by atoms with Crippen LogP contribution < -0.4 is 0 Å². The van der Waals surface area contributed by atoms with Crippen molar-refractivity contribution in [3.05, 3.63) is 10.6 Å². The van der Waals surface area contributed by atoms with Crippen molar-refractivity contribution in [2.75, 3.05) is 0 Å². The third kappa shape index (κ3) is 3.16. The van der Waals surface area contributed by atoms with Crippen LogP contribution in [0.25, 0.3) is 0 Å². The lowest BCUT2D eigenvalue weighted by Gasteiger charge is -2.34. The molecule has 1 heterocycles. The maximum Gasteiger partial charge on any atom is 0.0947 e. The van der Waals surface area contributed by atoms with Crippen molar-refractivity contribution in [2.24, 2.45) is 11.8 Å². The van der Waals surface area contributed by atoms with E-state index in [4.69, 9.17) is 0 Å². The predicted molar refractivity (Wildman–Crippen MR) is 79.3 cm³/mol. The minimum atomic E-state index is -0.375. The summed E-state index contributed by atoms with van der Waals surface area (Å²) in [6.45, 7) is 8.65. The highest BCUT2D eigenvalue weighted by molar-refractivity contribution is 7.05. The summed E-state index contributed by atoms with van der Waals surface area (Å²) in [5.74, 6) is 1.04. The van der Waals surface area contributed by atoms with Gasteiger partial charge in [0.15, 0.2) is 0 Å². The van der Waals surface area contributed by atoms with Gasteiger partial charge in [0, 0.05) is 5.41 Å². The second-order valence-corrected chi connectivity index (χ2v) is 7.58. The second-order valence-electron chi connectivity index (χ2n) is 6.80. The maximum absolute atomic E-state index is 10.8. The fraction of sp³-hybridized carbons (Fsp3) is 0.867. The molecule has 1 aromatic heterocycles. The lowest BCUT2D eigenvalue weighted by atomic mass is 9.74. The predicted octanol–water partition coefficient (Wildman–Crippen LogP) is 4.09. The van der Waals surface area contributed by atoms with Gasteiger partial charge < -0.3 is 5.11 Å². The van der Waals surface area contributed by atoms with Gasteiger partial charge in [0.2, 0.25) is 0 Å². The molecule has 3 atom stereocenters. The maximum atomic E-state index is 10.8. The molecule has 0 saturated heterocycles. The summed E-state index contributed by atoms with van der Waals surface area (Å²) in [7, 11) is 0. The average Bonchev–Trinajstić information content (AvgIpc) is 2.87. The van der Waals surface area contributed by atoms with Crippen LogP contribution in [0.4, 0.5) is 0 Å². The van der Waals surface area contributed by atoms with Gasteiger partial charge >= 0.3 is 0 Å². The number of hydrogen-bond donors (Lipinski definition) is 1. The van der Waals surface area contributed by atoms with Crippen LogP contribution in [-0.4, -0.2) is 14.7 Å². The highest BCUT2D eigenvalue weighted by atomic mass is 32.1. The van der Waals surface area contributed by atoms with Crippen molar-refractivity contribution >= 4 is 11.5 Å². The fourth-order valence-electron chi connectivity index (χ4n) is 3.26. The van der Waals surface area contributed by atoms with Crippen molar-refractivity contribution in [3.63, 3.8) is 0 Å². The van der Waals surface area contributed by atoms with E-state index < -0.39 is 0 Å². The number of aliphatic hydroxyl groups is 1. The average molecular weight is 282 g/mol. The molecule has 108 valence electrons. The van der Waals surface area contributed by atoms with Crippen LogP contribution in [0.3, 0.4) is 0 Å². The van der Waals surface area contributed by atoms with E-state index in [1.807, 2.05) is 0 Å². The summed E-state index contributed by atoms with van der Waals surface area (Å²) in [4.78, 5) is 0.998. The van der Waals surface area contributed by atoms with Crippen LogP contribution in [0.15, 0.2) is 0 Å². The Morgan fingerprint density at radius 2 is 2.00 bits per heavy atom. The van der Waals surface area contributed by atoms with Gasteiger partial charge in [-0.1, -0.05) is 57.9 Å². The van der Waals surface area contributed by atoms with Gasteiger partial charge in [-0.05, 0) is 29.8 Å². The molecule has 0 bridgehead atoms. The molecule has 2 rings (SSSR count). The number of aromatic nitrogens is 2. The molecule has 3 nitrogen and oxygen atoms in total. The number of hydrogen-bond acceptors (Lipinski definition) is 4. The molecule has 19 heavy (non-hydrogen) atoms. The van der Waals surface area contributed by atoms with Crippen LogP contribution in [-0.2, 0) is 5.41 Å². The Morgan fingerprint density at radius 3 is 2.63 bits per heavy atom. The highest BCUT2D eigenvalue weighted by Gasteiger charge is 2.35. The molecule has 0 aromatic carbocycles. The zero-order chi connectivity index (χ0) is 14.0. The van der Waals surface area contributed by atoms with E-state index in [9.17, 15) is 5.11 Å². The first kappa shape index (κ1) is 14.9. The molecule has 0 amide bonds. The molecule has 3 unspecified atom stereocenters. The van der Waals surface area contributed by atoms with Crippen LogP contribution in [0.2, 0.25) is 0 Å². The van der Waals surface area contributed by atoms with E-state index in [2.05, 4.69) is 37.3 Å². The van der Waals surface area contributed by atoms with Crippen molar-refractivity contribution in [1.82, 2.24) is 9.59 Å². The normalized spacial score (nSPS) is 26.4. The summed E-state index contributed by atoms with van der Waals surface area (Å²) in [5, 5.41) is 15.1. The third-order valence-electron chi connectivity index (χ3n) is 4.39. The molecule has 0 spiro atoms. The standard InChI is InChI=1S/C15H26N2OS/c1-5-10-8-6-7-9-11(10)12(18)13-14(15(2,3)4)16-17-19-13/h10-12,18H,5-9H2,1-4H3. The zero-order valence-electron chi connectivity index (χ0n) is 12.5. The summed E-state index contributed by atoms with van der Waals surface area (Å²) in [6.07, 6.45) is 5.75. The smallest absolute Gasteiger partial charge is 0.0947 e. The molecule has 0 aliphatic heterocycles. The number of aliphatic hydroxyl groups excluding tert-OH is 1. The molecule has 1 aliphatic carbocycles. The zero-order valence-corrected chi connectivity index (χ0v) is 13.3. The Hall–Kier alpha value is -0.480. The molecular formula is C15H26N2OS. The summed E-state index contributed by atoms with van der Waals surface area (Å²) < 4.78 is 4.09. The SMILES string of the molecule is CCC1CCCCC1C(O)c1snnc1C(C)(C)C. The van der Waals surface area contributed by atoms with Gasteiger partial charge in [-0.15, -0.1) is 5.10 Å². The largest absolute Gasteiger partial charge is 0.387 e. The van der Waals surface area contributed by atoms with Gasteiger partial charge in [-0.2, -0.15) is 0 Å². The first-order valence-corrected chi connectivity index (χ1v) is 8.23. The summed E-state index contributed by atoms with van der Waals surface area (Å²) >= 11 is 1.38. The van der Waals surface area contributed by atoms with E-state index in [-0.39, 0.29) is 11.5 Å². The van der Waals surface area contributed by atoms with E-state index >= 15 is 0 Å². The Morgan fingerprint density at radius 1 is 1.32 bits per heavy atom. The summed E-state index contributed by atoms with van der Waals surface area (Å²) in [6, 6.07) is 0. The van der Waals surface area contributed by atoms with Gasteiger partial charge in [0.25, 0.3) is 0 Å². The lowest BCUT2D eigenvalue weighted by Crippen LogP contribution is -2.26. The first-order chi connectivity index (χ1) is 8.95. The van der Waals surface area contributed by atoms with Crippen molar-refractivity contribution in [1.29, 1.82) is 0 Å². The Bertz CT molecular complexity index is 411. The Kier molecular flexibility index (Phi) is 4.62. The third-order valence-corrected chi connectivity index (χ3v) is 5.19. The van der Waals surface area contributed by atoms with Crippen LogP contribution >= 0.6 is 11.5 Å². The van der Waals surface area contributed by atoms with E-state index in [1.165, 1.54) is 37.2 Å². The Balaban J connectivity index is 2.23. The molecule has 4 heteroatoms. The van der Waals surface area contributed by atoms with Crippen LogP contribution in [0.5, 0.6) is 0 Å². The van der Waals surface area contributed by atoms with E-state index in [1.54, 1.807) is 0 Å². The van der Waals surface area contributed by atoms with Crippen molar-refractivity contribution < 1.29 is 5.11 Å². The molecule has 1 aliphatic rings. The molecule has 1 saturated carbocycles. The number of rotatable bonds is 3. The number of nitrogens with zero attached hydrogens (tertiary/aromatic N) is 2. The minimum absolute atomic E-state index is 0.0420. The first-order valence-electron chi connectivity index (χ1n) is 7.46. The monoisotopic (exact) mass is 282 g/mol. The van der Waals surface area contributed by atoms with Crippen molar-refractivity contribution in [3.8, 4) is 0 Å². The molecule has 1 aromatic rings. The lowest BCUT2D eigenvalue weighted by molar-refractivity contribution is 0.0464. The van der Waals surface area contributed by atoms with Gasteiger partial charge in [-0.25, -0.2) is 0 Å². The van der Waals surface area contributed by atoms with Crippen LogP contribution in [0.1, 0.15) is 76.5 Å². The molecule has 1 fully saturated rings. The van der Waals surface area contributed by atoms with E-state index in [0.717, 1.165) is 17.0 Å². The second kappa shape index (κ2) is 5.88. The molecule has 0 radical (unpaired) electrons. The van der Waals surface area contributed by atoms with Gasteiger partial charge in [0.1, 0.15) is 0 Å². The molecule has 1 N–H and O–H groups in total. The highest BCUT2D eigenvalue weighted by Crippen LogP contribution is 2.43. The minimum Gasteiger partial charge on any atom is -0.387 e. The fourth-order valence-corrected chi connectivity index (χ4v) is 4.19. The van der Waals surface area contributed by atoms with Gasteiger partial charge in [-0.3, -0.25) is 0 Å². The Labute approximate surface area is 120 Å². The van der Waals surface area contributed by atoms with Crippen LogP contribution in [0, 0.1) is 11.8 Å².